The Labute approximate surface area is 86.1 Å². The summed E-state index contributed by atoms with van der Waals surface area (Å²) < 4.78 is 0. The third-order valence-corrected chi connectivity index (χ3v) is 2.31. The minimum absolute atomic E-state index is 0.584. The van der Waals surface area contributed by atoms with Gasteiger partial charge in [0, 0.05) is 19.7 Å². The summed E-state index contributed by atoms with van der Waals surface area (Å²) in [5, 5.41) is 3.07. The number of nitrogens with zero attached hydrogens (tertiary/aromatic N) is 1. The van der Waals surface area contributed by atoms with Gasteiger partial charge in [-0.3, -0.25) is 4.99 Å². The van der Waals surface area contributed by atoms with E-state index in [1.165, 1.54) is 5.56 Å². The van der Waals surface area contributed by atoms with Crippen molar-refractivity contribution in [3.8, 4) is 0 Å². The Bertz CT molecular complexity index is 310. The van der Waals surface area contributed by atoms with Crippen LogP contribution in [0.25, 0.3) is 0 Å². The highest BCUT2D eigenvalue weighted by Gasteiger charge is 2.01. The number of nitrogens with one attached hydrogen (secondary N) is 1. The van der Waals surface area contributed by atoms with Gasteiger partial charge < -0.3 is 5.32 Å². The van der Waals surface area contributed by atoms with Gasteiger partial charge in [0.05, 0.1) is 0 Å². The van der Waals surface area contributed by atoms with Crippen LogP contribution < -0.4 is 5.32 Å². The average Bonchev–Trinajstić information content (AvgIpc) is 2.20. The number of rotatable bonds is 2. The highest BCUT2D eigenvalue weighted by molar-refractivity contribution is 5.98. The van der Waals surface area contributed by atoms with Crippen molar-refractivity contribution in [2.45, 2.75) is 19.8 Å². The molecule has 0 heterocycles. The molecule has 0 aliphatic carbocycles. The van der Waals surface area contributed by atoms with Gasteiger partial charge in [0.1, 0.15) is 5.84 Å². The maximum absolute atomic E-state index is 4.16. The predicted octanol–water partition coefficient (Wildman–Crippen LogP) is 2.41. The van der Waals surface area contributed by atoms with Crippen LogP contribution in [0.3, 0.4) is 0 Å². The van der Waals surface area contributed by atoms with Gasteiger partial charge in [-0.05, 0) is 11.5 Å². The van der Waals surface area contributed by atoms with Crippen molar-refractivity contribution in [3.05, 3.63) is 35.4 Å². The van der Waals surface area contributed by atoms with Crippen LogP contribution in [0.4, 0.5) is 0 Å². The molecular weight excluding hydrogens is 172 g/mol. The first-order valence-corrected chi connectivity index (χ1v) is 4.94. The van der Waals surface area contributed by atoms with Crippen molar-refractivity contribution in [3.63, 3.8) is 0 Å². The monoisotopic (exact) mass is 190 g/mol. The molecule has 0 atom stereocenters. The molecule has 0 radical (unpaired) electrons. The summed E-state index contributed by atoms with van der Waals surface area (Å²) in [5.41, 5.74) is 2.50. The quantitative estimate of drug-likeness (QED) is 0.562. The molecule has 0 fully saturated rings. The lowest BCUT2D eigenvalue weighted by atomic mass is 10.0. The second-order valence-corrected chi connectivity index (χ2v) is 3.60. The lowest BCUT2D eigenvalue weighted by molar-refractivity contribution is 0.866. The van der Waals surface area contributed by atoms with Gasteiger partial charge in [0.2, 0.25) is 0 Å². The molecule has 0 unspecified atom stereocenters. The molecular formula is C12H18N2. The average molecular weight is 190 g/mol. The smallest absolute Gasteiger partial charge is 0.127 e. The summed E-state index contributed by atoms with van der Waals surface area (Å²) >= 11 is 0. The van der Waals surface area contributed by atoms with E-state index in [-0.39, 0.29) is 0 Å². The Morgan fingerprint density at radius 3 is 2.14 bits per heavy atom. The molecule has 0 saturated carbocycles. The molecule has 1 aromatic carbocycles. The van der Waals surface area contributed by atoms with Crippen molar-refractivity contribution in [1.29, 1.82) is 0 Å². The molecule has 1 aromatic rings. The zero-order valence-electron chi connectivity index (χ0n) is 9.33. The third kappa shape index (κ3) is 2.34. The van der Waals surface area contributed by atoms with Crippen LogP contribution in [0, 0.1) is 0 Å². The fourth-order valence-electron chi connectivity index (χ4n) is 1.41. The molecule has 14 heavy (non-hydrogen) atoms. The van der Waals surface area contributed by atoms with Crippen molar-refractivity contribution >= 4 is 5.84 Å². The minimum atomic E-state index is 0.584. The van der Waals surface area contributed by atoms with Crippen LogP contribution in [-0.4, -0.2) is 19.9 Å². The second kappa shape index (κ2) is 4.80. The number of amidine groups is 1. The Morgan fingerprint density at radius 2 is 1.79 bits per heavy atom. The van der Waals surface area contributed by atoms with E-state index >= 15 is 0 Å². The minimum Gasteiger partial charge on any atom is -0.373 e. The molecule has 0 aromatic heterocycles. The van der Waals surface area contributed by atoms with Crippen molar-refractivity contribution < 1.29 is 0 Å². The van der Waals surface area contributed by atoms with Gasteiger partial charge in [-0.15, -0.1) is 0 Å². The fraction of sp³-hybridized carbons (Fsp3) is 0.417. The molecule has 2 heteroatoms. The normalized spacial score (nSPS) is 11.9. The van der Waals surface area contributed by atoms with E-state index < -0.39 is 0 Å². The Morgan fingerprint density at radius 1 is 1.21 bits per heavy atom. The standard InChI is InChI=1S/C12H18N2/c1-9(2)10-5-7-11(8-6-10)12(13-3)14-4/h5-9H,1-4H3,(H,13,14). The van der Waals surface area contributed by atoms with Crippen LogP contribution in [0.15, 0.2) is 29.3 Å². The van der Waals surface area contributed by atoms with Gasteiger partial charge in [-0.25, -0.2) is 0 Å². The largest absolute Gasteiger partial charge is 0.373 e. The third-order valence-electron chi connectivity index (χ3n) is 2.31. The fourth-order valence-corrected chi connectivity index (χ4v) is 1.41. The number of hydrogen-bond donors (Lipinski definition) is 1. The van der Waals surface area contributed by atoms with Gasteiger partial charge in [0.25, 0.3) is 0 Å². The predicted molar refractivity (Wildman–Crippen MR) is 62.1 cm³/mol. The zero-order valence-corrected chi connectivity index (χ0v) is 9.33. The van der Waals surface area contributed by atoms with Gasteiger partial charge in [-0.2, -0.15) is 0 Å². The number of hydrogen-bond acceptors (Lipinski definition) is 1. The summed E-state index contributed by atoms with van der Waals surface area (Å²) in [6.07, 6.45) is 0. The van der Waals surface area contributed by atoms with Crippen molar-refractivity contribution in [1.82, 2.24) is 5.32 Å². The van der Waals surface area contributed by atoms with Crippen LogP contribution in [-0.2, 0) is 0 Å². The molecule has 0 aliphatic heterocycles. The SMILES string of the molecule is CN=C(NC)c1ccc(C(C)C)cc1. The van der Waals surface area contributed by atoms with Crippen LogP contribution in [0.1, 0.15) is 30.9 Å². The highest BCUT2D eigenvalue weighted by Crippen LogP contribution is 2.14. The van der Waals surface area contributed by atoms with Crippen LogP contribution in [0.2, 0.25) is 0 Å². The van der Waals surface area contributed by atoms with Crippen LogP contribution in [0.5, 0.6) is 0 Å². The number of benzene rings is 1. The first-order valence-electron chi connectivity index (χ1n) is 4.94. The zero-order chi connectivity index (χ0) is 10.6. The summed E-state index contributed by atoms with van der Waals surface area (Å²) in [7, 11) is 3.68. The van der Waals surface area contributed by atoms with E-state index in [1.54, 1.807) is 7.05 Å². The van der Waals surface area contributed by atoms with E-state index in [2.05, 4.69) is 48.4 Å². The molecule has 0 amide bonds. The van der Waals surface area contributed by atoms with Gasteiger partial charge >= 0.3 is 0 Å². The van der Waals surface area contributed by atoms with E-state index in [0.717, 1.165) is 11.4 Å². The van der Waals surface area contributed by atoms with Gasteiger partial charge in [-0.1, -0.05) is 38.1 Å². The summed E-state index contributed by atoms with van der Waals surface area (Å²) in [6, 6.07) is 8.52. The molecule has 1 rings (SSSR count). The summed E-state index contributed by atoms with van der Waals surface area (Å²) in [4.78, 5) is 4.16. The summed E-state index contributed by atoms with van der Waals surface area (Å²) in [6.45, 7) is 4.39. The van der Waals surface area contributed by atoms with Crippen LogP contribution >= 0.6 is 0 Å². The number of aliphatic imine (C=N–C) groups is 1. The molecule has 0 bridgehead atoms. The van der Waals surface area contributed by atoms with E-state index in [4.69, 9.17) is 0 Å². The Hall–Kier alpha value is -1.31. The Balaban J connectivity index is 2.93. The van der Waals surface area contributed by atoms with Gasteiger partial charge in [0.15, 0.2) is 0 Å². The first kappa shape index (κ1) is 10.8. The molecule has 0 saturated heterocycles. The highest BCUT2D eigenvalue weighted by atomic mass is 14.9. The maximum atomic E-state index is 4.16. The van der Waals surface area contributed by atoms with E-state index in [9.17, 15) is 0 Å². The lowest BCUT2D eigenvalue weighted by Crippen LogP contribution is -2.19. The lowest BCUT2D eigenvalue weighted by Gasteiger charge is -2.08. The summed E-state index contributed by atoms with van der Waals surface area (Å²) in [5.74, 6) is 1.51. The molecule has 76 valence electrons. The first-order chi connectivity index (χ1) is 6.69. The van der Waals surface area contributed by atoms with E-state index in [1.807, 2.05) is 7.05 Å². The van der Waals surface area contributed by atoms with Crippen molar-refractivity contribution in [2.24, 2.45) is 4.99 Å². The van der Waals surface area contributed by atoms with E-state index in [0.29, 0.717) is 5.92 Å². The topological polar surface area (TPSA) is 24.4 Å². The molecule has 2 nitrogen and oxygen atoms in total. The molecule has 0 spiro atoms. The molecule has 0 aliphatic rings. The Kier molecular flexibility index (Phi) is 3.69. The maximum Gasteiger partial charge on any atom is 0.127 e. The molecule has 1 N–H and O–H groups in total. The van der Waals surface area contributed by atoms with Crippen molar-refractivity contribution in [2.75, 3.05) is 14.1 Å². The second-order valence-electron chi connectivity index (χ2n) is 3.60.